The van der Waals surface area contributed by atoms with Crippen LogP contribution in [-0.4, -0.2) is 24.2 Å². The maximum absolute atomic E-state index is 12.9. The molecule has 0 aliphatic carbocycles. The van der Waals surface area contributed by atoms with E-state index in [-0.39, 0.29) is 16.6 Å². The van der Waals surface area contributed by atoms with Crippen molar-refractivity contribution in [1.82, 2.24) is 4.31 Å². The van der Waals surface area contributed by atoms with Crippen LogP contribution in [0.5, 0.6) is 0 Å². The third-order valence-corrected chi connectivity index (χ3v) is 6.21. The number of aryl methyl sites for hydroxylation is 1. The van der Waals surface area contributed by atoms with Crippen LogP contribution in [0.3, 0.4) is 0 Å². The van der Waals surface area contributed by atoms with Crippen molar-refractivity contribution >= 4 is 15.7 Å². The van der Waals surface area contributed by atoms with Gasteiger partial charge in [-0.2, -0.15) is 4.31 Å². The number of nitro groups is 1. The van der Waals surface area contributed by atoms with Crippen LogP contribution in [0, 0.1) is 17.0 Å². The fourth-order valence-electron chi connectivity index (χ4n) is 3.11. The highest BCUT2D eigenvalue weighted by molar-refractivity contribution is 7.89. The molecule has 7 heteroatoms. The van der Waals surface area contributed by atoms with Crippen molar-refractivity contribution < 1.29 is 13.3 Å². The molecule has 0 bridgehead atoms. The molecule has 0 unspecified atom stereocenters. The molecule has 126 valence electrons. The van der Waals surface area contributed by atoms with Crippen LogP contribution >= 0.6 is 0 Å². The molecule has 1 aliphatic heterocycles. The first-order chi connectivity index (χ1) is 11.4. The van der Waals surface area contributed by atoms with Crippen LogP contribution in [0.1, 0.15) is 30.0 Å². The Morgan fingerprint density at radius 3 is 2.50 bits per heavy atom. The Morgan fingerprint density at radius 2 is 1.88 bits per heavy atom. The third-order valence-electron chi connectivity index (χ3n) is 4.28. The quantitative estimate of drug-likeness (QED) is 0.627. The van der Waals surface area contributed by atoms with Gasteiger partial charge in [-0.05, 0) is 37.5 Å². The van der Waals surface area contributed by atoms with Crippen LogP contribution in [0.2, 0.25) is 0 Å². The van der Waals surface area contributed by atoms with Crippen LogP contribution < -0.4 is 0 Å². The van der Waals surface area contributed by atoms with Gasteiger partial charge < -0.3 is 0 Å². The molecule has 0 N–H and O–H groups in total. The van der Waals surface area contributed by atoms with Crippen molar-refractivity contribution in [3.05, 3.63) is 69.8 Å². The minimum absolute atomic E-state index is 0.0904. The topological polar surface area (TPSA) is 80.5 Å². The van der Waals surface area contributed by atoms with Gasteiger partial charge in [0.15, 0.2) is 0 Å². The molecular formula is C17H18N2O4S. The van der Waals surface area contributed by atoms with E-state index in [1.807, 2.05) is 31.2 Å². The average molecular weight is 346 g/mol. The highest BCUT2D eigenvalue weighted by atomic mass is 32.2. The molecule has 2 aromatic rings. The fourth-order valence-corrected chi connectivity index (χ4v) is 4.80. The molecule has 0 spiro atoms. The van der Waals surface area contributed by atoms with E-state index in [0.717, 1.165) is 24.0 Å². The van der Waals surface area contributed by atoms with Crippen molar-refractivity contribution in [2.24, 2.45) is 0 Å². The van der Waals surface area contributed by atoms with Crippen LogP contribution in [0.15, 0.2) is 53.4 Å². The minimum Gasteiger partial charge on any atom is -0.258 e. The SMILES string of the molecule is Cc1cccc([C@H]2CCCN2S(=O)(=O)c2ccc([N+](=O)[O-])cc2)c1. The van der Waals surface area contributed by atoms with Gasteiger partial charge in [0.1, 0.15) is 0 Å². The second kappa shape index (κ2) is 6.33. The number of nitrogens with zero attached hydrogens (tertiary/aromatic N) is 2. The highest BCUT2D eigenvalue weighted by Crippen LogP contribution is 2.36. The van der Waals surface area contributed by atoms with Gasteiger partial charge in [0.2, 0.25) is 10.0 Å². The largest absolute Gasteiger partial charge is 0.269 e. The molecule has 1 fully saturated rings. The summed E-state index contributed by atoms with van der Waals surface area (Å²) in [5.74, 6) is 0. The first-order valence-electron chi connectivity index (χ1n) is 7.72. The monoisotopic (exact) mass is 346 g/mol. The Balaban J connectivity index is 1.94. The summed E-state index contributed by atoms with van der Waals surface area (Å²) in [6.45, 7) is 2.44. The van der Waals surface area contributed by atoms with Gasteiger partial charge in [-0.15, -0.1) is 0 Å². The summed E-state index contributed by atoms with van der Waals surface area (Å²) in [7, 11) is -3.68. The van der Waals surface area contributed by atoms with Crippen molar-refractivity contribution in [2.45, 2.75) is 30.7 Å². The lowest BCUT2D eigenvalue weighted by molar-refractivity contribution is -0.384. The molecule has 0 saturated carbocycles. The van der Waals surface area contributed by atoms with E-state index in [1.54, 1.807) is 0 Å². The summed E-state index contributed by atoms with van der Waals surface area (Å²) in [6.07, 6.45) is 1.57. The van der Waals surface area contributed by atoms with Gasteiger partial charge >= 0.3 is 0 Å². The predicted molar refractivity (Wildman–Crippen MR) is 90.1 cm³/mol. The molecule has 2 aromatic carbocycles. The van der Waals surface area contributed by atoms with Crippen molar-refractivity contribution in [1.29, 1.82) is 0 Å². The molecule has 1 aliphatic rings. The Morgan fingerprint density at radius 1 is 1.17 bits per heavy atom. The van der Waals surface area contributed by atoms with E-state index in [1.165, 1.54) is 28.6 Å². The minimum atomic E-state index is -3.68. The lowest BCUT2D eigenvalue weighted by atomic mass is 10.0. The van der Waals surface area contributed by atoms with E-state index in [2.05, 4.69) is 0 Å². The molecule has 1 saturated heterocycles. The fraction of sp³-hybridized carbons (Fsp3) is 0.294. The average Bonchev–Trinajstić information content (AvgIpc) is 3.05. The second-order valence-electron chi connectivity index (χ2n) is 5.94. The van der Waals surface area contributed by atoms with Gasteiger partial charge in [-0.25, -0.2) is 8.42 Å². The molecule has 3 rings (SSSR count). The number of sulfonamides is 1. The van der Waals surface area contributed by atoms with E-state index >= 15 is 0 Å². The van der Waals surface area contributed by atoms with E-state index in [9.17, 15) is 18.5 Å². The molecule has 0 amide bonds. The Labute approximate surface area is 140 Å². The number of non-ortho nitro benzene ring substituents is 1. The first kappa shape index (κ1) is 16.6. The van der Waals surface area contributed by atoms with Crippen molar-refractivity contribution in [2.75, 3.05) is 6.54 Å². The second-order valence-corrected chi connectivity index (χ2v) is 7.83. The molecular weight excluding hydrogens is 328 g/mol. The highest BCUT2D eigenvalue weighted by Gasteiger charge is 2.36. The smallest absolute Gasteiger partial charge is 0.258 e. The number of rotatable bonds is 4. The summed E-state index contributed by atoms with van der Waals surface area (Å²) in [6, 6.07) is 12.7. The molecule has 6 nitrogen and oxygen atoms in total. The van der Waals surface area contributed by atoms with Crippen molar-refractivity contribution in [3.63, 3.8) is 0 Å². The molecule has 0 aromatic heterocycles. The standard InChI is InChI=1S/C17H18N2O4S/c1-13-4-2-5-14(12-13)17-6-3-11-18(17)24(22,23)16-9-7-15(8-10-16)19(20)21/h2,4-5,7-10,12,17H,3,6,11H2,1H3/t17-/m1/s1. The molecule has 24 heavy (non-hydrogen) atoms. The summed E-state index contributed by atoms with van der Waals surface area (Å²) < 4.78 is 27.4. The molecule has 1 atom stereocenters. The lowest BCUT2D eigenvalue weighted by Gasteiger charge is -2.24. The summed E-state index contributed by atoms with van der Waals surface area (Å²) in [4.78, 5) is 10.3. The Hall–Kier alpha value is -2.25. The van der Waals surface area contributed by atoms with E-state index in [0.29, 0.717) is 6.54 Å². The number of hydrogen-bond acceptors (Lipinski definition) is 4. The summed E-state index contributed by atoms with van der Waals surface area (Å²) in [5.41, 5.74) is 1.95. The van der Waals surface area contributed by atoms with Crippen LogP contribution in [0.4, 0.5) is 5.69 Å². The Bertz CT molecular complexity index is 862. The summed E-state index contributed by atoms with van der Waals surface area (Å²) >= 11 is 0. The molecule has 0 radical (unpaired) electrons. The van der Waals surface area contributed by atoms with Crippen LogP contribution in [-0.2, 0) is 10.0 Å². The number of hydrogen-bond donors (Lipinski definition) is 0. The van der Waals surface area contributed by atoms with Gasteiger partial charge in [0.05, 0.1) is 15.9 Å². The van der Waals surface area contributed by atoms with Crippen LogP contribution in [0.25, 0.3) is 0 Å². The lowest BCUT2D eigenvalue weighted by Crippen LogP contribution is -2.30. The maximum Gasteiger partial charge on any atom is 0.269 e. The van der Waals surface area contributed by atoms with Gasteiger partial charge in [-0.1, -0.05) is 29.8 Å². The zero-order chi connectivity index (χ0) is 17.3. The predicted octanol–water partition coefficient (Wildman–Crippen LogP) is 3.43. The third kappa shape index (κ3) is 3.05. The van der Waals surface area contributed by atoms with E-state index in [4.69, 9.17) is 0 Å². The maximum atomic E-state index is 12.9. The molecule has 1 heterocycles. The summed E-state index contributed by atoms with van der Waals surface area (Å²) in [5, 5.41) is 10.7. The van der Waals surface area contributed by atoms with Gasteiger partial charge in [-0.3, -0.25) is 10.1 Å². The number of nitro benzene ring substituents is 1. The zero-order valence-corrected chi connectivity index (χ0v) is 14.1. The van der Waals surface area contributed by atoms with E-state index < -0.39 is 14.9 Å². The van der Waals surface area contributed by atoms with Gasteiger partial charge in [0, 0.05) is 18.7 Å². The first-order valence-corrected chi connectivity index (χ1v) is 9.16. The van der Waals surface area contributed by atoms with Crippen molar-refractivity contribution in [3.8, 4) is 0 Å². The Kier molecular flexibility index (Phi) is 4.38. The normalized spacial score (nSPS) is 18.6. The number of benzene rings is 2. The zero-order valence-electron chi connectivity index (χ0n) is 13.3. The van der Waals surface area contributed by atoms with Gasteiger partial charge in [0.25, 0.3) is 5.69 Å².